The minimum atomic E-state index is 0.812. The van der Waals surface area contributed by atoms with Gasteiger partial charge in [-0.25, -0.2) is 0 Å². The Hall–Kier alpha value is -0.480. The zero-order valence-electron chi connectivity index (χ0n) is 8.05. The second-order valence-electron chi connectivity index (χ2n) is 3.55. The molecule has 1 heterocycles. The van der Waals surface area contributed by atoms with E-state index in [0.717, 1.165) is 19.0 Å². The highest BCUT2D eigenvalue weighted by Crippen LogP contribution is 2.19. The van der Waals surface area contributed by atoms with Gasteiger partial charge in [0.15, 0.2) is 0 Å². The van der Waals surface area contributed by atoms with Gasteiger partial charge in [-0.05, 0) is 25.8 Å². The van der Waals surface area contributed by atoms with E-state index in [-0.39, 0.29) is 0 Å². The van der Waals surface area contributed by atoms with Crippen LogP contribution in [0.1, 0.15) is 39.0 Å². The molecule has 68 valence electrons. The van der Waals surface area contributed by atoms with Crippen molar-refractivity contribution in [2.45, 2.75) is 45.1 Å². The van der Waals surface area contributed by atoms with Crippen LogP contribution in [0.25, 0.3) is 0 Å². The number of nitrogens with zero attached hydrogens (tertiary/aromatic N) is 1. The molecule has 1 heteroatoms. The molecule has 1 rings (SSSR count). The third-order valence-corrected chi connectivity index (χ3v) is 2.76. The van der Waals surface area contributed by atoms with E-state index in [4.69, 9.17) is 6.42 Å². The molecule has 1 unspecified atom stereocenters. The molecule has 0 saturated carbocycles. The first kappa shape index (κ1) is 9.61. The van der Waals surface area contributed by atoms with Gasteiger partial charge < -0.3 is 0 Å². The van der Waals surface area contributed by atoms with E-state index < -0.39 is 0 Å². The average Bonchev–Trinajstić information content (AvgIpc) is 2.15. The summed E-state index contributed by atoms with van der Waals surface area (Å²) in [6.45, 7) is 4.65. The molecule has 0 amide bonds. The number of terminal acetylenes is 1. The molecular weight excluding hydrogens is 146 g/mol. The second kappa shape index (κ2) is 5.22. The highest BCUT2D eigenvalue weighted by molar-refractivity contribution is 4.86. The fourth-order valence-electron chi connectivity index (χ4n) is 2.02. The van der Waals surface area contributed by atoms with Crippen molar-refractivity contribution in [1.82, 2.24) is 4.90 Å². The Labute approximate surface area is 76.1 Å². The lowest BCUT2D eigenvalue weighted by atomic mass is 10.00. The number of hydrogen-bond acceptors (Lipinski definition) is 1. The molecule has 0 N–H and O–H groups in total. The third-order valence-electron chi connectivity index (χ3n) is 2.76. The molecule has 1 atom stereocenters. The van der Waals surface area contributed by atoms with Crippen molar-refractivity contribution in [2.24, 2.45) is 0 Å². The van der Waals surface area contributed by atoms with Crippen molar-refractivity contribution >= 4 is 0 Å². The Balaban J connectivity index is 2.32. The molecule has 0 spiro atoms. The standard InChI is InChI=1S/C11H19N/c1-3-5-9-12-10-7-6-8-11(12)4-2/h1,11H,4-10H2,2H3. The summed E-state index contributed by atoms with van der Waals surface area (Å²) in [5.74, 6) is 2.72. The van der Waals surface area contributed by atoms with Gasteiger partial charge in [-0.15, -0.1) is 12.3 Å². The smallest absolute Gasteiger partial charge is 0.0214 e. The summed E-state index contributed by atoms with van der Waals surface area (Å²) in [5.41, 5.74) is 0. The van der Waals surface area contributed by atoms with Crippen LogP contribution in [-0.2, 0) is 0 Å². The second-order valence-corrected chi connectivity index (χ2v) is 3.55. The van der Waals surface area contributed by atoms with E-state index in [9.17, 15) is 0 Å². The van der Waals surface area contributed by atoms with Gasteiger partial charge in [-0.1, -0.05) is 13.3 Å². The number of likely N-dealkylation sites (tertiary alicyclic amines) is 1. The van der Waals surface area contributed by atoms with Crippen molar-refractivity contribution in [3.63, 3.8) is 0 Å². The lowest BCUT2D eigenvalue weighted by molar-refractivity contribution is 0.147. The highest BCUT2D eigenvalue weighted by Gasteiger charge is 2.19. The number of piperidine rings is 1. The first-order valence-electron chi connectivity index (χ1n) is 5.06. The summed E-state index contributed by atoms with van der Waals surface area (Å²) in [6, 6.07) is 0.812. The van der Waals surface area contributed by atoms with Crippen LogP contribution in [0.15, 0.2) is 0 Å². The molecule has 0 radical (unpaired) electrons. The monoisotopic (exact) mass is 165 g/mol. The maximum Gasteiger partial charge on any atom is 0.0214 e. The van der Waals surface area contributed by atoms with Gasteiger partial charge in [0.05, 0.1) is 0 Å². The summed E-state index contributed by atoms with van der Waals surface area (Å²) >= 11 is 0. The summed E-state index contributed by atoms with van der Waals surface area (Å²) in [4.78, 5) is 2.56. The fraction of sp³-hybridized carbons (Fsp3) is 0.818. The molecule has 0 aromatic rings. The van der Waals surface area contributed by atoms with Gasteiger partial charge in [-0.3, -0.25) is 4.90 Å². The molecule has 0 aliphatic carbocycles. The molecule has 12 heavy (non-hydrogen) atoms. The SMILES string of the molecule is C#CCCN1CCCCC1CC. The lowest BCUT2D eigenvalue weighted by Crippen LogP contribution is -2.39. The van der Waals surface area contributed by atoms with E-state index in [0.29, 0.717) is 0 Å². The van der Waals surface area contributed by atoms with Gasteiger partial charge in [0.25, 0.3) is 0 Å². The average molecular weight is 165 g/mol. The van der Waals surface area contributed by atoms with Crippen LogP contribution in [0.5, 0.6) is 0 Å². The van der Waals surface area contributed by atoms with Gasteiger partial charge in [0.2, 0.25) is 0 Å². The number of hydrogen-bond donors (Lipinski definition) is 0. The molecule has 0 bridgehead atoms. The van der Waals surface area contributed by atoms with E-state index in [2.05, 4.69) is 17.7 Å². The molecule has 1 nitrogen and oxygen atoms in total. The van der Waals surface area contributed by atoms with Crippen molar-refractivity contribution in [2.75, 3.05) is 13.1 Å². The topological polar surface area (TPSA) is 3.24 Å². The van der Waals surface area contributed by atoms with E-state index in [1.165, 1.54) is 32.2 Å². The Kier molecular flexibility index (Phi) is 4.18. The number of rotatable bonds is 3. The highest BCUT2D eigenvalue weighted by atomic mass is 15.2. The molecule has 1 saturated heterocycles. The van der Waals surface area contributed by atoms with E-state index in [1.54, 1.807) is 0 Å². The molecular formula is C11H19N. The maximum atomic E-state index is 5.26. The van der Waals surface area contributed by atoms with Crippen molar-refractivity contribution in [3.8, 4) is 12.3 Å². The molecule has 0 aromatic carbocycles. The molecule has 1 aliphatic heterocycles. The Morgan fingerprint density at radius 1 is 1.50 bits per heavy atom. The summed E-state index contributed by atoms with van der Waals surface area (Å²) < 4.78 is 0. The van der Waals surface area contributed by atoms with Gasteiger partial charge in [0, 0.05) is 19.0 Å². The van der Waals surface area contributed by atoms with Gasteiger partial charge in [0.1, 0.15) is 0 Å². The molecule has 0 aromatic heterocycles. The van der Waals surface area contributed by atoms with Crippen LogP contribution in [0.2, 0.25) is 0 Å². The van der Waals surface area contributed by atoms with Crippen molar-refractivity contribution < 1.29 is 0 Å². The van der Waals surface area contributed by atoms with Crippen LogP contribution in [-0.4, -0.2) is 24.0 Å². The largest absolute Gasteiger partial charge is 0.299 e. The fourth-order valence-corrected chi connectivity index (χ4v) is 2.02. The van der Waals surface area contributed by atoms with E-state index in [1.807, 2.05) is 0 Å². The predicted molar refractivity (Wildman–Crippen MR) is 53.0 cm³/mol. The van der Waals surface area contributed by atoms with Crippen LogP contribution < -0.4 is 0 Å². The summed E-state index contributed by atoms with van der Waals surface area (Å²) in [7, 11) is 0. The zero-order valence-corrected chi connectivity index (χ0v) is 8.05. The van der Waals surface area contributed by atoms with Crippen LogP contribution in [0.3, 0.4) is 0 Å². The van der Waals surface area contributed by atoms with Gasteiger partial charge in [-0.2, -0.15) is 0 Å². The van der Waals surface area contributed by atoms with Crippen molar-refractivity contribution in [3.05, 3.63) is 0 Å². The van der Waals surface area contributed by atoms with Crippen LogP contribution in [0.4, 0.5) is 0 Å². The summed E-state index contributed by atoms with van der Waals surface area (Å²) in [6.07, 6.45) is 11.6. The Morgan fingerprint density at radius 3 is 3.00 bits per heavy atom. The normalized spacial score (nSPS) is 25.2. The summed E-state index contributed by atoms with van der Waals surface area (Å²) in [5, 5.41) is 0. The van der Waals surface area contributed by atoms with Crippen molar-refractivity contribution in [1.29, 1.82) is 0 Å². The maximum absolute atomic E-state index is 5.26. The van der Waals surface area contributed by atoms with Crippen LogP contribution >= 0.6 is 0 Å². The quantitative estimate of drug-likeness (QED) is 0.580. The molecule has 1 aliphatic rings. The zero-order chi connectivity index (χ0) is 8.81. The third kappa shape index (κ3) is 2.53. The minimum Gasteiger partial charge on any atom is -0.299 e. The van der Waals surface area contributed by atoms with Gasteiger partial charge >= 0.3 is 0 Å². The van der Waals surface area contributed by atoms with E-state index >= 15 is 0 Å². The first-order chi connectivity index (χ1) is 5.88. The predicted octanol–water partition coefficient (Wildman–Crippen LogP) is 2.27. The Morgan fingerprint density at radius 2 is 2.33 bits per heavy atom. The molecule has 1 fully saturated rings. The van der Waals surface area contributed by atoms with Crippen LogP contribution in [0, 0.1) is 12.3 Å². The first-order valence-corrected chi connectivity index (χ1v) is 5.06. The Bertz CT molecular complexity index is 157. The minimum absolute atomic E-state index is 0.812. The lowest BCUT2D eigenvalue weighted by Gasteiger charge is -2.34.